The summed E-state index contributed by atoms with van der Waals surface area (Å²) in [5.41, 5.74) is 7.60. The van der Waals surface area contributed by atoms with E-state index in [0.717, 1.165) is 5.56 Å². The molecule has 0 saturated carbocycles. The third-order valence-electron chi connectivity index (χ3n) is 2.84. The van der Waals surface area contributed by atoms with Crippen LogP contribution < -0.4 is 10.5 Å². The van der Waals surface area contributed by atoms with Gasteiger partial charge in [0.15, 0.2) is 0 Å². The Labute approximate surface area is 131 Å². The van der Waals surface area contributed by atoms with Gasteiger partial charge in [0.25, 0.3) is 16.0 Å². The summed E-state index contributed by atoms with van der Waals surface area (Å²) in [6, 6.07) is 4.79. The normalized spacial score (nSPS) is 11.4. The quantitative estimate of drug-likeness (QED) is 0.842. The molecule has 9 heteroatoms. The average molecular weight is 372 g/mol. The summed E-state index contributed by atoms with van der Waals surface area (Å²) in [6.07, 6.45) is 0. The lowest BCUT2D eigenvalue weighted by atomic mass is 10.2. The number of aromatic nitrogens is 3. The predicted octanol–water partition coefficient (Wildman–Crippen LogP) is 1.51. The van der Waals surface area contributed by atoms with E-state index in [0.29, 0.717) is 22.4 Å². The van der Waals surface area contributed by atoms with Crippen LogP contribution in [0.2, 0.25) is 0 Å². The molecule has 7 nitrogen and oxygen atoms in total. The molecule has 0 atom stereocenters. The van der Waals surface area contributed by atoms with Crippen LogP contribution in [-0.4, -0.2) is 23.6 Å². The molecule has 1 aromatic carbocycles. The first-order chi connectivity index (χ1) is 9.83. The van der Waals surface area contributed by atoms with E-state index in [9.17, 15) is 8.42 Å². The van der Waals surface area contributed by atoms with Gasteiger partial charge < -0.3 is 5.73 Å². The van der Waals surface area contributed by atoms with Crippen LogP contribution in [0.5, 0.6) is 0 Å². The van der Waals surface area contributed by atoms with Gasteiger partial charge in [0.1, 0.15) is 4.90 Å². The molecule has 0 aliphatic carbocycles. The standard InChI is InChI=1S/C12H14BrN5O2S/c1-7-8(2)16-17-12(15-7)18-21(19,20)11-4-3-9(6-14)5-10(11)13/h3-5H,6,14H2,1-2H3,(H,15,17,18). The van der Waals surface area contributed by atoms with Gasteiger partial charge in [-0.2, -0.15) is 5.10 Å². The molecule has 0 amide bonds. The van der Waals surface area contributed by atoms with Crippen molar-refractivity contribution in [2.24, 2.45) is 5.73 Å². The molecule has 1 heterocycles. The molecule has 3 N–H and O–H groups in total. The number of anilines is 1. The number of rotatable bonds is 4. The minimum atomic E-state index is -3.80. The second-order valence-corrected chi connectivity index (χ2v) is 6.89. The zero-order chi connectivity index (χ0) is 15.6. The second kappa shape index (κ2) is 6.04. The largest absolute Gasteiger partial charge is 0.326 e. The summed E-state index contributed by atoms with van der Waals surface area (Å²) in [7, 11) is -3.80. The van der Waals surface area contributed by atoms with Crippen molar-refractivity contribution in [1.29, 1.82) is 0 Å². The molecular formula is C12H14BrN5O2S. The van der Waals surface area contributed by atoms with Gasteiger partial charge in [-0.05, 0) is 47.5 Å². The Hall–Kier alpha value is -1.58. The lowest BCUT2D eigenvalue weighted by Gasteiger charge is -2.09. The third-order valence-corrected chi connectivity index (χ3v) is 5.14. The van der Waals surface area contributed by atoms with Crippen LogP contribution >= 0.6 is 15.9 Å². The lowest BCUT2D eigenvalue weighted by Crippen LogP contribution is -2.17. The van der Waals surface area contributed by atoms with Gasteiger partial charge in [-0.3, -0.25) is 0 Å². The smallest absolute Gasteiger partial charge is 0.265 e. The van der Waals surface area contributed by atoms with E-state index in [2.05, 4.69) is 35.8 Å². The SMILES string of the molecule is Cc1nnc(NS(=O)(=O)c2ccc(CN)cc2Br)nc1C. The summed E-state index contributed by atoms with van der Waals surface area (Å²) < 4.78 is 27.4. The maximum atomic E-state index is 12.3. The minimum absolute atomic E-state index is 0.0621. The highest BCUT2D eigenvalue weighted by Crippen LogP contribution is 2.24. The van der Waals surface area contributed by atoms with Crippen LogP contribution in [-0.2, 0) is 16.6 Å². The van der Waals surface area contributed by atoms with E-state index in [4.69, 9.17) is 5.73 Å². The summed E-state index contributed by atoms with van der Waals surface area (Å²) in [5, 5.41) is 7.57. The molecule has 2 rings (SSSR count). The predicted molar refractivity (Wildman–Crippen MR) is 82.1 cm³/mol. The van der Waals surface area contributed by atoms with Crippen LogP contribution in [0.25, 0.3) is 0 Å². The Bertz CT molecular complexity index is 779. The highest BCUT2D eigenvalue weighted by molar-refractivity contribution is 9.10. The van der Waals surface area contributed by atoms with E-state index in [-0.39, 0.29) is 10.8 Å². The third kappa shape index (κ3) is 3.55. The topological polar surface area (TPSA) is 111 Å². The zero-order valence-electron chi connectivity index (χ0n) is 11.5. The van der Waals surface area contributed by atoms with Gasteiger partial charge in [-0.1, -0.05) is 6.07 Å². The van der Waals surface area contributed by atoms with Crippen LogP contribution in [0, 0.1) is 13.8 Å². The fourth-order valence-electron chi connectivity index (χ4n) is 1.56. The van der Waals surface area contributed by atoms with Crippen molar-refractivity contribution < 1.29 is 8.42 Å². The van der Waals surface area contributed by atoms with Gasteiger partial charge >= 0.3 is 0 Å². The van der Waals surface area contributed by atoms with Crippen molar-refractivity contribution in [2.75, 3.05) is 4.72 Å². The molecular weight excluding hydrogens is 358 g/mol. The van der Waals surface area contributed by atoms with Gasteiger partial charge in [0.05, 0.1) is 11.4 Å². The molecule has 112 valence electrons. The lowest BCUT2D eigenvalue weighted by molar-refractivity contribution is 0.600. The Morgan fingerprint density at radius 2 is 1.95 bits per heavy atom. The molecule has 0 saturated heterocycles. The molecule has 0 aliphatic heterocycles. The molecule has 0 aliphatic rings. The summed E-state index contributed by atoms with van der Waals surface area (Å²) in [6.45, 7) is 3.81. The summed E-state index contributed by atoms with van der Waals surface area (Å²) in [5.74, 6) is -0.0621. The Morgan fingerprint density at radius 3 is 2.52 bits per heavy atom. The van der Waals surface area contributed by atoms with E-state index in [1.807, 2.05) is 0 Å². The van der Waals surface area contributed by atoms with Gasteiger partial charge in [-0.25, -0.2) is 18.1 Å². The molecule has 0 spiro atoms. The van der Waals surface area contributed by atoms with E-state index in [1.165, 1.54) is 6.07 Å². The number of sulfonamides is 1. The average Bonchev–Trinajstić information content (AvgIpc) is 2.42. The van der Waals surface area contributed by atoms with Crippen molar-refractivity contribution in [3.8, 4) is 0 Å². The Kier molecular flexibility index (Phi) is 4.55. The summed E-state index contributed by atoms with van der Waals surface area (Å²) >= 11 is 3.23. The highest BCUT2D eigenvalue weighted by atomic mass is 79.9. The molecule has 2 aromatic rings. The maximum absolute atomic E-state index is 12.3. The number of halogens is 1. The molecule has 0 unspecified atom stereocenters. The van der Waals surface area contributed by atoms with Crippen molar-refractivity contribution in [2.45, 2.75) is 25.3 Å². The van der Waals surface area contributed by atoms with Crippen molar-refractivity contribution in [3.63, 3.8) is 0 Å². The molecule has 1 aromatic heterocycles. The molecule has 0 fully saturated rings. The fraction of sp³-hybridized carbons (Fsp3) is 0.250. The number of benzene rings is 1. The summed E-state index contributed by atoms with van der Waals surface area (Å²) in [4.78, 5) is 4.13. The molecule has 21 heavy (non-hydrogen) atoms. The van der Waals surface area contributed by atoms with E-state index >= 15 is 0 Å². The Balaban J connectivity index is 2.36. The highest BCUT2D eigenvalue weighted by Gasteiger charge is 2.19. The molecule has 0 bridgehead atoms. The van der Waals surface area contributed by atoms with E-state index < -0.39 is 10.0 Å². The second-order valence-electron chi connectivity index (χ2n) is 4.38. The first kappa shape index (κ1) is 15.8. The minimum Gasteiger partial charge on any atom is -0.326 e. The number of hydrogen-bond acceptors (Lipinski definition) is 6. The number of nitrogens with one attached hydrogen (secondary N) is 1. The van der Waals surface area contributed by atoms with Gasteiger partial charge in [0, 0.05) is 11.0 Å². The van der Waals surface area contributed by atoms with Crippen molar-refractivity contribution >= 4 is 31.9 Å². The number of nitrogens with zero attached hydrogens (tertiary/aromatic N) is 3. The van der Waals surface area contributed by atoms with Crippen LogP contribution in [0.4, 0.5) is 5.95 Å². The van der Waals surface area contributed by atoms with Gasteiger partial charge in [0.2, 0.25) is 0 Å². The number of hydrogen-bond donors (Lipinski definition) is 2. The Morgan fingerprint density at radius 1 is 1.24 bits per heavy atom. The van der Waals surface area contributed by atoms with Crippen molar-refractivity contribution in [3.05, 3.63) is 39.6 Å². The number of aryl methyl sites for hydroxylation is 2. The first-order valence-corrected chi connectivity index (χ1v) is 8.30. The number of nitrogens with two attached hydrogens (primary N) is 1. The maximum Gasteiger partial charge on any atom is 0.265 e. The van der Waals surface area contributed by atoms with Crippen LogP contribution in [0.3, 0.4) is 0 Å². The van der Waals surface area contributed by atoms with E-state index in [1.54, 1.807) is 26.0 Å². The molecule has 0 radical (unpaired) electrons. The zero-order valence-corrected chi connectivity index (χ0v) is 13.9. The van der Waals surface area contributed by atoms with Crippen molar-refractivity contribution in [1.82, 2.24) is 15.2 Å². The first-order valence-electron chi connectivity index (χ1n) is 6.02. The van der Waals surface area contributed by atoms with Gasteiger partial charge in [-0.15, -0.1) is 5.10 Å². The van der Waals surface area contributed by atoms with Crippen LogP contribution in [0.15, 0.2) is 27.6 Å². The fourth-order valence-corrected chi connectivity index (χ4v) is 3.63. The van der Waals surface area contributed by atoms with Crippen LogP contribution in [0.1, 0.15) is 17.0 Å². The monoisotopic (exact) mass is 371 g/mol.